The Morgan fingerprint density at radius 2 is 1.79 bits per heavy atom. The first kappa shape index (κ1) is 17.4. The Kier molecular flexibility index (Phi) is 3.91. The molecule has 2 aromatic rings. The molecule has 0 radical (unpaired) electrons. The standard InChI is InChI=1S/C22H23NO6/c1-3-24-22-18-13(4-5-15-21(18)28-11-25-15)19-20(29-22)14-9-17-16(26-10-27-17)8-12(14)6-7-23(19)2/h4-5,8-9,19-20,22H,3,6-7,10-11H2,1-2H3/t19-,20-,22+/m1/s1. The average molecular weight is 397 g/mol. The number of hydrogen-bond acceptors (Lipinski definition) is 7. The lowest BCUT2D eigenvalue weighted by molar-refractivity contribution is -0.201. The van der Waals surface area contributed by atoms with Crippen LogP contribution in [0.25, 0.3) is 0 Å². The molecule has 0 spiro atoms. The van der Waals surface area contributed by atoms with Gasteiger partial charge in [0.1, 0.15) is 6.10 Å². The van der Waals surface area contributed by atoms with Gasteiger partial charge in [-0.15, -0.1) is 0 Å². The first-order valence-electron chi connectivity index (χ1n) is 10.1. The second-order valence-electron chi connectivity index (χ2n) is 7.73. The molecule has 0 bridgehead atoms. The third kappa shape index (κ3) is 2.54. The zero-order valence-electron chi connectivity index (χ0n) is 16.5. The Morgan fingerprint density at radius 3 is 2.66 bits per heavy atom. The van der Waals surface area contributed by atoms with E-state index in [-0.39, 0.29) is 25.7 Å². The molecule has 4 aliphatic rings. The SMILES string of the molecule is CCO[C@H]1O[C@@H]2c3cc4c(cc3CCN(C)[C@@H]2c2ccc3c(c21)OCO3)OCO4. The second kappa shape index (κ2) is 6.52. The van der Waals surface area contributed by atoms with Crippen LogP contribution in [0.2, 0.25) is 0 Å². The maximum Gasteiger partial charge on any atom is 0.231 e. The lowest BCUT2D eigenvalue weighted by Crippen LogP contribution is -2.35. The van der Waals surface area contributed by atoms with Crippen LogP contribution in [-0.4, -0.2) is 38.7 Å². The van der Waals surface area contributed by atoms with E-state index in [1.165, 1.54) is 5.56 Å². The van der Waals surface area contributed by atoms with Crippen molar-refractivity contribution in [3.05, 3.63) is 46.5 Å². The van der Waals surface area contributed by atoms with E-state index in [0.717, 1.165) is 52.7 Å². The van der Waals surface area contributed by atoms with Crippen LogP contribution in [-0.2, 0) is 15.9 Å². The summed E-state index contributed by atoms with van der Waals surface area (Å²) in [4.78, 5) is 2.35. The van der Waals surface area contributed by atoms with Gasteiger partial charge < -0.3 is 28.4 Å². The molecule has 152 valence electrons. The highest BCUT2D eigenvalue weighted by atomic mass is 16.7. The van der Waals surface area contributed by atoms with Crippen molar-refractivity contribution in [3.63, 3.8) is 0 Å². The van der Waals surface area contributed by atoms with E-state index in [2.05, 4.69) is 30.1 Å². The van der Waals surface area contributed by atoms with E-state index in [9.17, 15) is 0 Å². The van der Waals surface area contributed by atoms with Crippen molar-refractivity contribution in [1.82, 2.24) is 4.90 Å². The van der Waals surface area contributed by atoms with E-state index >= 15 is 0 Å². The number of benzene rings is 2. The summed E-state index contributed by atoms with van der Waals surface area (Å²) in [5, 5.41) is 0. The summed E-state index contributed by atoms with van der Waals surface area (Å²) < 4.78 is 35.3. The van der Waals surface area contributed by atoms with Crippen molar-refractivity contribution < 1.29 is 28.4 Å². The van der Waals surface area contributed by atoms with Crippen LogP contribution in [0.3, 0.4) is 0 Å². The van der Waals surface area contributed by atoms with Gasteiger partial charge in [-0.1, -0.05) is 6.07 Å². The van der Waals surface area contributed by atoms with Crippen LogP contribution in [0.5, 0.6) is 23.0 Å². The molecule has 29 heavy (non-hydrogen) atoms. The highest BCUT2D eigenvalue weighted by Crippen LogP contribution is 2.55. The van der Waals surface area contributed by atoms with Crippen LogP contribution < -0.4 is 18.9 Å². The molecule has 0 saturated heterocycles. The molecule has 3 atom stereocenters. The monoisotopic (exact) mass is 397 g/mol. The highest BCUT2D eigenvalue weighted by Gasteiger charge is 2.44. The first-order chi connectivity index (χ1) is 14.2. The van der Waals surface area contributed by atoms with Crippen molar-refractivity contribution in [2.24, 2.45) is 0 Å². The Morgan fingerprint density at radius 1 is 1.00 bits per heavy atom. The lowest BCUT2D eigenvalue weighted by atomic mass is 9.87. The Hall–Kier alpha value is -2.48. The van der Waals surface area contributed by atoms with E-state index in [1.54, 1.807) is 0 Å². The van der Waals surface area contributed by atoms with Gasteiger partial charge in [-0.3, -0.25) is 4.90 Å². The van der Waals surface area contributed by atoms with Crippen LogP contribution in [0.15, 0.2) is 24.3 Å². The molecule has 0 unspecified atom stereocenters. The second-order valence-corrected chi connectivity index (χ2v) is 7.73. The molecule has 0 saturated carbocycles. The minimum Gasteiger partial charge on any atom is -0.454 e. The minimum atomic E-state index is -0.516. The summed E-state index contributed by atoms with van der Waals surface area (Å²) in [5.41, 5.74) is 4.47. The molecule has 6 rings (SSSR count). The fraction of sp³-hybridized carbons (Fsp3) is 0.455. The molecule has 2 aromatic carbocycles. The van der Waals surface area contributed by atoms with Gasteiger partial charge in [0.05, 0.1) is 11.6 Å². The van der Waals surface area contributed by atoms with Gasteiger partial charge in [-0.2, -0.15) is 0 Å². The summed E-state index contributed by atoms with van der Waals surface area (Å²) in [6, 6.07) is 8.34. The molecular formula is C22H23NO6. The van der Waals surface area contributed by atoms with Gasteiger partial charge in [0.15, 0.2) is 29.3 Å². The average Bonchev–Trinajstić information content (AvgIpc) is 3.36. The predicted molar refractivity (Wildman–Crippen MR) is 102 cm³/mol. The van der Waals surface area contributed by atoms with Crippen LogP contribution in [0.4, 0.5) is 0 Å². The van der Waals surface area contributed by atoms with Crippen LogP contribution in [0.1, 0.15) is 47.6 Å². The van der Waals surface area contributed by atoms with Gasteiger partial charge >= 0.3 is 0 Å². The third-order valence-electron chi connectivity index (χ3n) is 6.19. The van der Waals surface area contributed by atoms with Crippen molar-refractivity contribution >= 4 is 0 Å². The topological polar surface area (TPSA) is 58.6 Å². The summed E-state index contributed by atoms with van der Waals surface area (Å²) in [7, 11) is 2.14. The molecule has 0 fully saturated rings. The number of fused-ring (bicyclic) bond motifs is 8. The van der Waals surface area contributed by atoms with Gasteiger partial charge in [0, 0.05) is 13.2 Å². The Bertz CT molecular complexity index is 976. The number of hydrogen-bond donors (Lipinski definition) is 0. The summed E-state index contributed by atoms with van der Waals surface area (Å²) >= 11 is 0. The zero-order valence-corrected chi connectivity index (χ0v) is 16.5. The van der Waals surface area contributed by atoms with Crippen molar-refractivity contribution in [2.75, 3.05) is 33.8 Å². The van der Waals surface area contributed by atoms with Crippen LogP contribution >= 0.6 is 0 Å². The number of rotatable bonds is 2. The summed E-state index contributed by atoms with van der Waals surface area (Å²) in [6.45, 7) is 3.91. The maximum atomic E-state index is 6.62. The first-order valence-corrected chi connectivity index (χ1v) is 10.1. The van der Waals surface area contributed by atoms with Crippen molar-refractivity contribution in [2.45, 2.75) is 31.8 Å². The summed E-state index contributed by atoms with van der Waals surface area (Å²) in [5.74, 6) is 3.07. The minimum absolute atomic E-state index is 0.0397. The van der Waals surface area contributed by atoms with E-state index < -0.39 is 6.29 Å². The fourth-order valence-electron chi connectivity index (χ4n) is 4.85. The van der Waals surface area contributed by atoms with Crippen molar-refractivity contribution in [1.29, 1.82) is 0 Å². The summed E-state index contributed by atoms with van der Waals surface area (Å²) in [6.07, 6.45) is 0.215. The molecule has 0 N–H and O–H groups in total. The fourth-order valence-corrected chi connectivity index (χ4v) is 4.85. The van der Waals surface area contributed by atoms with Gasteiger partial charge in [0.2, 0.25) is 13.6 Å². The van der Waals surface area contributed by atoms with Gasteiger partial charge in [-0.05, 0) is 55.3 Å². The Balaban J connectivity index is 1.53. The highest BCUT2D eigenvalue weighted by molar-refractivity contribution is 5.56. The number of likely N-dealkylation sites (N-methyl/N-ethyl adjacent to an activating group) is 1. The van der Waals surface area contributed by atoms with E-state index in [1.807, 2.05) is 13.0 Å². The smallest absolute Gasteiger partial charge is 0.231 e. The van der Waals surface area contributed by atoms with Gasteiger partial charge in [-0.25, -0.2) is 0 Å². The molecule has 0 amide bonds. The van der Waals surface area contributed by atoms with Gasteiger partial charge in [0.25, 0.3) is 0 Å². The van der Waals surface area contributed by atoms with Crippen LogP contribution in [0, 0.1) is 0 Å². The zero-order chi connectivity index (χ0) is 19.5. The lowest BCUT2D eigenvalue weighted by Gasteiger charge is -2.41. The normalized spacial score (nSPS) is 26.5. The molecule has 0 aliphatic carbocycles. The maximum absolute atomic E-state index is 6.62. The molecule has 7 nitrogen and oxygen atoms in total. The number of nitrogens with zero attached hydrogens (tertiary/aromatic N) is 1. The molecule has 7 heteroatoms. The third-order valence-corrected chi connectivity index (χ3v) is 6.19. The molecular weight excluding hydrogens is 374 g/mol. The predicted octanol–water partition coefficient (Wildman–Crippen LogP) is 3.48. The van der Waals surface area contributed by atoms with Crippen molar-refractivity contribution in [3.8, 4) is 23.0 Å². The molecule has 4 aliphatic heterocycles. The van der Waals surface area contributed by atoms with E-state index in [4.69, 9.17) is 28.4 Å². The quantitative estimate of drug-likeness (QED) is 0.769. The molecule has 4 heterocycles. The number of ether oxygens (including phenoxy) is 6. The largest absolute Gasteiger partial charge is 0.454 e. The Labute approximate surface area is 169 Å². The van der Waals surface area contributed by atoms with E-state index in [0.29, 0.717) is 6.61 Å². The molecule has 0 aromatic heterocycles.